The van der Waals surface area contributed by atoms with E-state index in [4.69, 9.17) is 4.99 Å². The van der Waals surface area contributed by atoms with Gasteiger partial charge in [0.05, 0.1) is 0 Å². The van der Waals surface area contributed by atoms with E-state index in [0.29, 0.717) is 18.5 Å². The standard InChI is InChI=1S/C27H34N6O/c1-17-9-18(2)29-24(28-17)30-25(33-8-7-22-5-3-4-6-23(22)16-33)31-26(34)32-27-13-19-10-20(14-27)12-21(11-19)15-27/h3-6,9,19-21H,7-8,10-16H2,1-2H3,(H2,28,29,30,31,32,34). The summed E-state index contributed by atoms with van der Waals surface area (Å²) in [6.45, 7) is 5.38. The molecular formula is C27H34N6O. The summed E-state index contributed by atoms with van der Waals surface area (Å²) in [6.07, 6.45) is 8.34. The van der Waals surface area contributed by atoms with Crippen molar-refractivity contribution in [2.75, 3.05) is 6.54 Å². The molecule has 2 aromatic rings. The minimum Gasteiger partial charge on any atom is -0.338 e. The Balaban J connectivity index is 1.25. The smallest absolute Gasteiger partial charge is 0.321 e. The number of nitrogens with zero attached hydrogens (tertiary/aromatic N) is 4. The number of urea groups is 1. The van der Waals surface area contributed by atoms with E-state index in [-0.39, 0.29) is 11.6 Å². The summed E-state index contributed by atoms with van der Waals surface area (Å²) in [5.74, 6) is 3.26. The zero-order valence-corrected chi connectivity index (χ0v) is 20.2. The van der Waals surface area contributed by atoms with E-state index in [1.807, 2.05) is 19.9 Å². The summed E-state index contributed by atoms with van der Waals surface area (Å²) in [7, 11) is 0. The number of aliphatic imine (C=N–C) groups is 1. The zero-order valence-electron chi connectivity index (χ0n) is 20.2. The van der Waals surface area contributed by atoms with Crippen molar-refractivity contribution in [2.45, 2.75) is 70.9 Å². The number of hydrogen-bond donors (Lipinski definition) is 2. The molecule has 2 heterocycles. The van der Waals surface area contributed by atoms with Gasteiger partial charge in [0.1, 0.15) is 0 Å². The summed E-state index contributed by atoms with van der Waals surface area (Å²) >= 11 is 0. The summed E-state index contributed by atoms with van der Waals surface area (Å²) < 4.78 is 0. The lowest BCUT2D eigenvalue weighted by Gasteiger charge is -2.56. The van der Waals surface area contributed by atoms with Crippen LogP contribution in [0.15, 0.2) is 35.3 Å². The summed E-state index contributed by atoms with van der Waals surface area (Å²) in [6, 6.07) is 10.3. The van der Waals surface area contributed by atoms with Crippen molar-refractivity contribution >= 4 is 17.9 Å². The van der Waals surface area contributed by atoms with Crippen LogP contribution >= 0.6 is 0 Å². The number of hydrogen-bond acceptors (Lipinski definition) is 4. The number of aromatic nitrogens is 2. The molecule has 178 valence electrons. The van der Waals surface area contributed by atoms with Crippen LogP contribution in [0.5, 0.6) is 0 Å². The first kappa shape index (κ1) is 21.6. The number of guanidine groups is 1. The first-order valence-electron chi connectivity index (χ1n) is 12.7. The summed E-state index contributed by atoms with van der Waals surface area (Å²) in [5.41, 5.74) is 4.32. The molecule has 7 heteroatoms. The number of aryl methyl sites for hydroxylation is 2. The van der Waals surface area contributed by atoms with E-state index in [2.05, 4.69) is 49.8 Å². The lowest BCUT2D eigenvalue weighted by molar-refractivity contribution is -0.0133. The maximum Gasteiger partial charge on any atom is 0.321 e. The second-order valence-corrected chi connectivity index (χ2v) is 11.1. The third-order valence-electron chi connectivity index (χ3n) is 8.25. The van der Waals surface area contributed by atoms with Gasteiger partial charge in [0.2, 0.25) is 5.96 Å². The third kappa shape index (κ3) is 4.28. The fourth-order valence-electron chi connectivity index (χ4n) is 7.34. The van der Waals surface area contributed by atoms with Gasteiger partial charge in [-0.15, -0.1) is 0 Å². The van der Waals surface area contributed by atoms with Crippen molar-refractivity contribution < 1.29 is 4.79 Å². The van der Waals surface area contributed by atoms with Crippen LogP contribution in [0.3, 0.4) is 0 Å². The van der Waals surface area contributed by atoms with Gasteiger partial charge in [0.15, 0.2) is 0 Å². The highest BCUT2D eigenvalue weighted by Gasteiger charge is 2.51. The highest BCUT2D eigenvalue weighted by molar-refractivity contribution is 5.97. The van der Waals surface area contributed by atoms with Gasteiger partial charge in [-0.2, -0.15) is 4.99 Å². The molecule has 1 aromatic heterocycles. The first-order chi connectivity index (χ1) is 16.4. The number of carbonyl (C=O) groups excluding carboxylic acids is 1. The quantitative estimate of drug-likeness (QED) is 0.516. The molecule has 4 saturated carbocycles. The lowest BCUT2D eigenvalue weighted by Crippen LogP contribution is -2.62. The van der Waals surface area contributed by atoms with Crippen LogP contribution in [-0.4, -0.2) is 38.9 Å². The van der Waals surface area contributed by atoms with Crippen LogP contribution in [0, 0.1) is 31.6 Å². The van der Waals surface area contributed by atoms with Crippen LogP contribution in [0.4, 0.5) is 10.7 Å². The Labute approximate surface area is 201 Å². The number of amides is 2. The Morgan fingerprint density at radius 2 is 1.62 bits per heavy atom. The SMILES string of the molecule is Cc1cc(C)nc(/N=C(/NC(=O)NC23CC4CC(CC(C4)C2)C3)N2CCc3ccccc3C2)n1. The average Bonchev–Trinajstić information content (AvgIpc) is 2.76. The van der Waals surface area contributed by atoms with Gasteiger partial charge >= 0.3 is 6.03 Å². The zero-order chi connectivity index (χ0) is 23.3. The molecule has 0 unspecified atom stereocenters. The number of fused-ring (bicyclic) bond motifs is 1. The van der Waals surface area contributed by atoms with Gasteiger partial charge in [-0.1, -0.05) is 24.3 Å². The number of rotatable bonds is 2. The van der Waals surface area contributed by atoms with Gasteiger partial charge in [-0.3, -0.25) is 5.32 Å². The molecule has 4 bridgehead atoms. The Bertz CT molecular complexity index is 1090. The molecule has 2 amide bonds. The van der Waals surface area contributed by atoms with Crippen molar-refractivity contribution in [3.05, 3.63) is 52.8 Å². The second kappa shape index (κ2) is 8.36. The van der Waals surface area contributed by atoms with Gasteiger partial charge in [-0.25, -0.2) is 14.8 Å². The van der Waals surface area contributed by atoms with E-state index in [9.17, 15) is 4.79 Å². The molecule has 2 N–H and O–H groups in total. The Morgan fingerprint density at radius 3 is 2.26 bits per heavy atom. The van der Waals surface area contributed by atoms with Crippen LogP contribution in [0.1, 0.15) is 61.0 Å². The predicted molar refractivity (Wildman–Crippen MR) is 132 cm³/mol. The molecule has 5 aliphatic rings. The molecule has 7 rings (SSSR count). The minimum absolute atomic E-state index is 0.0468. The fraction of sp³-hybridized carbons (Fsp3) is 0.556. The maximum absolute atomic E-state index is 13.4. The van der Waals surface area contributed by atoms with Crippen molar-refractivity contribution in [1.29, 1.82) is 0 Å². The highest BCUT2D eigenvalue weighted by atomic mass is 16.2. The van der Waals surface area contributed by atoms with E-state index in [1.165, 1.54) is 30.4 Å². The van der Waals surface area contributed by atoms with Crippen LogP contribution in [0.2, 0.25) is 0 Å². The van der Waals surface area contributed by atoms with Gasteiger partial charge in [0.25, 0.3) is 5.95 Å². The Kier molecular flexibility index (Phi) is 5.30. The van der Waals surface area contributed by atoms with Crippen LogP contribution in [0.25, 0.3) is 0 Å². The number of carbonyl (C=O) groups is 1. The highest BCUT2D eigenvalue weighted by Crippen LogP contribution is 2.55. The first-order valence-corrected chi connectivity index (χ1v) is 12.7. The number of nitrogens with one attached hydrogen (secondary N) is 2. The van der Waals surface area contributed by atoms with E-state index in [0.717, 1.165) is 61.4 Å². The minimum atomic E-state index is -0.149. The molecule has 1 aliphatic heterocycles. The molecule has 4 aliphatic carbocycles. The molecule has 1 aromatic carbocycles. The topological polar surface area (TPSA) is 82.5 Å². The van der Waals surface area contributed by atoms with Crippen molar-refractivity contribution in [1.82, 2.24) is 25.5 Å². The third-order valence-corrected chi connectivity index (χ3v) is 8.25. The second-order valence-electron chi connectivity index (χ2n) is 11.1. The summed E-state index contributed by atoms with van der Waals surface area (Å²) in [4.78, 5) is 29.3. The average molecular weight is 459 g/mol. The molecule has 4 fully saturated rings. The van der Waals surface area contributed by atoms with Crippen molar-refractivity contribution in [3.8, 4) is 0 Å². The lowest BCUT2D eigenvalue weighted by atomic mass is 9.53. The van der Waals surface area contributed by atoms with E-state index >= 15 is 0 Å². The van der Waals surface area contributed by atoms with Gasteiger partial charge < -0.3 is 10.2 Å². The van der Waals surface area contributed by atoms with Gasteiger partial charge in [-0.05, 0) is 93.7 Å². The molecule has 34 heavy (non-hydrogen) atoms. The van der Waals surface area contributed by atoms with Crippen molar-refractivity contribution in [2.24, 2.45) is 22.7 Å². The fourth-order valence-corrected chi connectivity index (χ4v) is 7.34. The molecule has 7 nitrogen and oxygen atoms in total. The maximum atomic E-state index is 13.4. The molecule has 0 spiro atoms. The monoisotopic (exact) mass is 458 g/mol. The van der Waals surface area contributed by atoms with Gasteiger partial charge in [0, 0.05) is 30.0 Å². The molecule has 0 radical (unpaired) electrons. The predicted octanol–water partition coefficient (Wildman–Crippen LogP) is 4.41. The Hall–Kier alpha value is -2.96. The van der Waals surface area contributed by atoms with Crippen molar-refractivity contribution in [3.63, 3.8) is 0 Å². The Morgan fingerprint density at radius 1 is 1.00 bits per heavy atom. The van der Waals surface area contributed by atoms with E-state index < -0.39 is 0 Å². The molecular weight excluding hydrogens is 424 g/mol. The van der Waals surface area contributed by atoms with E-state index in [1.54, 1.807) is 0 Å². The largest absolute Gasteiger partial charge is 0.338 e. The van der Waals surface area contributed by atoms with Crippen LogP contribution in [-0.2, 0) is 13.0 Å². The molecule has 0 saturated heterocycles. The van der Waals surface area contributed by atoms with Crippen LogP contribution < -0.4 is 10.6 Å². The summed E-state index contributed by atoms with van der Waals surface area (Å²) in [5, 5.41) is 6.55. The normalized spacial score (nSPS) is 29.6. The number of benzene rings is 1. The molecule has 0 atom stereocenters.